The molecule has 2 heterocycles. The van der Waals surface area contributed by atoms with Gasteiger partial charge in [-0.05, 0) is 31.9 Å². The lowest BCUT2D eigenvalue weighted by Crippen LogP contribution is -2.36. The molecule has 4 nitrogen and oxygen atoms in total. The molecule has 4 heteroatoms. The summed E-state index contributed by atoms with van der Waals surface area (Å²) in [6, 6.07) is 5.73. The first-order chi connectivity index (χ1) is 7.69. The third kappa shape index (κ3) is 2.31. The fraction of sp³-hybridized carbons (Fsp3) is 0.500. The van der Waals surface area contributed by atoms with Crippen LogP contribution in [0.25, 0.3) is 0 Å². The van der Waals surface area contributed by atoms with Crippen molar-refractivity contribution in [2.75, 3.05) is 18.0 Å². The van der Waals surface area contributed by atoms with Gasteiger partial charge in [-0.25, -0.2) is 4.98 Å². The van der Waals surface area contributed by atoms with Gasteiger partial charge in [0, 0.05) is 18.8 Å². The molecule has 0 saturated carbocycles. The summed E-state index contributed by atoms with van der Waals surface area (Å²) < 4.78 is 0. The van der Waals surface area contributed by atoms with Crippen molar-refractivity contribution < 1.29 is 5.11 Å². The fourth-order valence-corrected chi connectivity index (χ4v) is 1.97. The number of anilines is 1. The fourth-order valence-electron chi connectivity index (χ4n) is 1.97. The van der Waals surface area contributed by atoms with E-state index in [1.165, 1.54) is 0 Å². The van der Waals surface area contributed by atoms with Crippen LogP contribution in [0.3, 0.4) is 0 Å². The van der Waals surface area contributed by atoms with Gasteiger partial charge in [-0.3, -0.25) is 0 Å². The molecule has 2 rings (SSSR count). The minimum atomic E-state index is -0.184. The number of hydrogen-bond acceptors (Lipinski definition) is 4. The second kappa shape index (κ2) is 4.50. The van der Waals surface area contributed by atoms with Gasteiger partial charge in [-0.1, -0.05) is 0 Å². The first kappa shape index (κ1) is 10.9. The van der Waals surface area contributed by atoms with Crippen LogP contribution in [0, 0.1) is 18.3 Å². The number of aliphatic hydroxyl groups excluding tert-OH is 1. The summed E-state index contributed by atoms with van der Waals surface area (Å²) in [6.07, 6.45) is 1.37. The maximum atomic E-state index is 9.43. The van der Waals surface area contributed by atoms with Gasteiger partial charge in [0.05, 0.1) is 17.7 Å². The predicted molar refractivity (Wildman–Crippen MR) is 61.1 cm³/mol. The second-order valence-electron chi connectivity index (χ2n) is 4.19. The Morgan fingerprint density at radius 1 is 1.44 bits per heavy atom. The van der Waals surface area contributed by atoms with E-state index in [1.807, 2.05) is 13.0 Å². The molecule has 1 aliphatic rings. The van der Waals surface area contributed by atoms with Crippen LogP contribution in [-0.2, 0) is 0 Å². The van der Waals surface area contributed by atoms with E-state index in [2.05, 4.69) is 16.0 Å². The van der Waals surface area contributed by atoms with Gasteiger partial charge in [0.1, 0.15) is 5.82 Å². The molecule has 0 amide bonds. The van der Waals surface area contributed by atoms with Gasteiger partial charge >= 0.3 is 0 Å². The zero-order chi connectivity index (χ0) is 11.5. The third-order valence-electron chi connectivity index (χ3n) is 2.86. The molecule has 1 fully saturated rings. The summed E-state index contributed by atoms with van der Waals surface area (Å²) in [6.45, 7) is 3.51. The van der Waals surface area contributed by atoms with Crippen molar-refractivity contribution in [3.63, 3.8) is 0 Å². The van der Waals surface area contributed by atoms with Gasteiger partial charge in [-0.15, -0.1) is 0 Å². The standard InChI is InChI=1S/C12H15N3O/c1-9-6-10(8-13)7-12(14-9)15-4-2-11(16)3-5-15/h6-7,11,16H,2-5H2,1H3. The molecule has 0 spiro atoms. The van der Waals surface area contributed by atoms with Gasteiger partial charge in [0.2, 0.25) is 0 Å². The van der Waals surface area contributed by atoms with E-state index in [4.69, 9.17) is 5.26 Å². The molecule has 1 aromatic heterocycles. The number of aliphatic hydroxyl groups is 1. The Labute approximate surface area is 95.1 Å². The van der Waals surface area contributed by atoms with Gasteiger partial charge in [0.15, 0.2) is 0 Å². The van der Waals surface area contributed by atoms with E-state index >= 15 is 0 Å². The number of rotatable bonds is 1. The Kier molecular flexibility index (Phi) is 3.07. The van der Waals surface area contributed by atoms with Crippen LogP contribution in [0.5, 0.6) is 0 Å². The van der Waals surface area contributed by atoms with Gasteiger partial charge in [-0.2, -0.15) is 5.26 Å². The minimum absolute atomic E-state index is 0.184. The van der Waals surface area contributed by atoms with Gasteiger partial charge < -0.3 is 10.0 Å². The maximum Gasteiger partial charge on any atom is 0.130 e. The van der Waals surface area contributed by atoms with Crippen molar-refractivity contribution in [2.45, 2.75) is 25.9 Å². The van der Waals surface area contributed by atoms with Crippen LogP contribution in [-0.4, -0.2) is 29.3 Å². The van der Waals surface area contributed by atoms with Crippen LogP contribution >= 0.6 is 0 Å². The molecule has 0 aliphatic carbocycles. The molecule has 84 valence electrons. The van der Waals surface area contributed by atoms with E-state index in [9.17, 15) is 5.11 Å². The molecule has 0 aromatic carbocycles. The van der Waals surface area contributed by atoms with Crippen molar-refractivity contribution >= 4 is 5.82 Å². The Morgan fingerprint density at radius 2 is 2.12 bits per heavy atom. The number of piperidine rings is 1. The van der Waals surface area contributed by atoms with E-state index in [-0.39, 0.29) is 6.10 Å². The molecule has 0 radical (unpaired) electrons. The van der Waals surface area contributed by atoms with Crippen LogP contribution < -0.4 is 4.90 Å². The van der Waals surface area contributed by atoms with E-state index in [0.29, 0.717) is 5.56 Å². The van der Waals surface area contributed by atoms with E-state index in [1.54, 1.807) is 6.07 Å². The average molecular weight is 217 g/mol. The molecule has 1 saturated heterocycles. The number of nitriles is 1. The monoisotopic (exact) mass is 217 g/mol. The van der Waals surface area contributed by atoms with Crippen LogP contribution in [0.15, 0.2) is 12.1 Å². The maximum absolute atomic E-state index is 9.43. The van der Waals surface area contributed by atoms with Crippen molar-refractivity contribution in [3.8, 4) is 6.07 Å². The first-order valence-corrected chi connectivity index (χ1v) is 5.51. The van der Waals surface area contributed by atoms with E-state index in [0.717, 1.165) is 37.4 Å². The lowest BCUT2D eigenvalue weighted by atomic mass is 10.1. The molecular formula is C12H15N3O. The van der Waals surface area contributed by atoms with E-state index < -0.39 is 0 Å². The molecule has 1 aliphatic heterocycles. The molecule has 16 heavy (non-hydrogen) atoms. The Morgan fingerprint density at radius 3 is 2.75 bits per heavy atom. The van der Waals surface area contributed by atoms with Crippen molar-refractivity contribution in [1.29, 1.82) is 5.26 Å². The number of aromatic nitrogens is 1. The largest absolute Gasteiger partial charge is 0.393 e. The van der Waals surface area contributed by atoms with Crippen molar-refractivity contribution in [3.05, 3.63) is 23.4 Å². The predicted octanol–water partition coefficient (Wildman–Crippen LogP) is 1.22. The van der Waals surface area contributed by atoms with Crippen molar-refractivity contribution in [2.24, 2.45) is 0 Å². The molecule has 1 aromatic rings. The number of pyridine rings is 1. The SMILES string of the molecule is Cc1cc(C#N)cc(N2CCC(O)CC2)n1. The first-order valence-electron chi connectivity index (χ1n) is 5.51. The third-order valence-corrected chi connectivity index (χ3v) is 2.86. The Hall–Kier alpha value is -1.60. The quantitative estimate of drug-likeness (QED) is 0.768. The second-order valence-corrected chi connectivity index (χ2v) is 4.19. The number of hydrogen-bond donors (Lipinski definition) is 1. The summed E-state index contributed by atoms with van der Waals surface area (Å²) in [5, 5.41) is 18.3. The lowest BCUT2D eigenvalue weighted by molar-refractivity contribution is 0.145. The normalized spacial score (nSPS) is 17.2. The van der Waals surface area contributed by atoms with Crippen molar-refractivity contribution in [1.82, 2.24) is 4.98 Å². The summed E-state index contributed by atoms with van der Waals surface area (Å²) in [4.78, 5) is 6.55. The van der Waals surface area contributed by atoms with Crippen LogP contribution in [0.4, 0.5) is 5.82 Å². The summed E-state index contributed by atoms with van der Waals surface area (Å²) in [7, 11) is 0. The summed E-state index contributed by atoms with van der Waals surface area (Å²) in [5.74, 6) is 0.850. The Bertz CT molecular complexity index is 417. The molecular weight excluding hydrogens is 202 g/mol. The van der Waals surface area contributed by atoms with Crippen LogP contribution in [0.1, 0.15) is 24.1 Å². The lowest BCUT2D eigenvalue weighted by Gasteiger charge is -2.30. The molecule has 0 atom stereocenters. The molecule has 1 N–H and O–H groups in total. The Balaban J connectivity index is 2.20. The zero-order valence-corrected chi connectivity index (χ0v) is 9.35. The zero-order valence-electron chi connectivity index (χ0n) is 9.35. The highest BCUT2D eigenvalue weighted by atomic mass is 16.3. The smallest absolute Gasteiger partial charge is 0.130 e. The highest BCUT2D eigenvalue weighted by Crippen LogP contribution is 2.19. The number of nitrogens with zero attached hydrogens (tertiary/aromatic N) is 3. The highest BCUT2D eigenvalue weighted by molar-refractivity contribution is 5.46. The van der Waals surface area contributed by atoms with Crippen LogP contribution in [0.2, 0.25) is 0 Å². The van der Waals surface area contributed by atoms with Gasteiger partial charge in [0.25, 0.3) is 0 Å². The molecule has 0 unspecified atom stereocenters. The average Bonchev–Trinajstić information content (AvgIpc) is 2.29. The molecule has 0 bridgehead atoms. The topological polar surface area (TPSA) is 60.2 Å². The summed E-state index contributed by atoms with van der Waals surface area (Å²) >= 11 is 0. The highest BCUT2D eigenvalue weighted by Gasteiger charge is 2.18. The summed E-state index contributed by atoms with van der Waals surface area (Å²) in [5.41, 5.74) is 1.51. The minimum Gasteiger partial charge on any atom is -0.393 e. The number of aryl methyl sites for hydroxylation is 1.